The van der Waals surface area contributed by atoms with E-state index in [0.29, 0.717) is 24.6 Å². The normalized spacial score (nSPS) is 16.5. The molecule has 0 saturated carbocycles. The fourth-order valence-electron chi connectivity index (χ4n) is 3.21. The van der Waals surface area contributed by atoms with Crippen molar-refractivity contribution in [3.05, 3.63) is 23.8 Å². The fraction of sp³-hybridized carbons (Fsp3) is 0.619. The smallest absolute Gasteiger partial charge is 0.407 e. The van der Waals surface area contributed by atoms with Crippen LogP contribution in [0.25, 0.3) is 0 Å². The van der Waals surface area contributed by atoms with Gasteiger partial charge in [0.25, 0.3) is 0 Å². The van der Waals surface area contributed by atoms with E-state index >= 15 is 0 Å². The summed E-state index contributed by atoms with van der Waals surface area (Å²) in [6, 6.07) is 5.80. The molecule has 8 nitrogen and oxygen atoms in total. The van der Waals surface area contributed by atoms with Gasteiger partial charge in [0.2, 0.25) is 0 Å². The van der Waals surface area contributed by atoms with Crippen molar-refractivity contribution in [2.45, 2.75) is 52.3 Å². The minimum Gasteiger partial charge on any atom is -0.493 e. The van der Waals surface area contributed by atoms with Crippen LogP contribution in [0.1, 0.15) is 39.7 Å². The van der Waals surface area contributed by atoms with Crippen molar-refractivity contribution in [1.29, 1.82) is 0 Å². The summed E-state index contributed by atoms with van der Waals surface area (Å²) in [6.45, 7) is 10.3. The Hall–Kier alpha value is -1.91. The molecule has 0 spiro atoms. The maximum atomic E-state index is 12.0. The monoisotopic (exact) mass is 534 g/mol. The molecule has 1 unspecified atom stereocenters. The third-order valence-electron chi connectivity index (χ3n) is 4.43. The number of rotatable bonds is 6. The van der Waals surface area contributed by atoms with Gasteiger partial charge in [-0.15, -0.1) is 24.0 Å². The van der Waals surface area contributed by atoms with Crippen molar-refractivity contribution in [1.82, 2.24) is 15.5 Å². The van der Waals surface area contributed by atoms with Crippen LogP contribution in [0.2, 0.25) is 0 Å². The molecule has 170 valence electrons. The van der Waals surface area contributed by atoms with Crippen LogP contribution >= 0.6 is 24.0 Å². The van der Waals surface area contributed by atoms with Gasteiger partial charge in [-0.3, -0.25) is 0 Å². The van der Waals surface area contributed by atoms with Crippen molar-refractivity contribution in [2.75, 3.05) is 33.9 Å². The Morgan fingerprint density at radius 3 is 2.60 bits per heavy atom. The van der Waals surface area contributed by atoms with E-state index < -0.39 is 5.60 Å². The summed E-state index contributed by atoms with van der Waals surface area (Å²) in [5, 5.41) is 6.28. The number of alkyl carbamates (subject to hydrolysis) is 1. The van der Waals surface area contributed by atoms with Crippen molar-refractivity contribution >= 4 is 36.0 Å². The Bertz CT molecular complexity index is 721. The quantitative estimate of drug-likeness (QED) is 0.331. The van der Waals surface area contributed by atoms with Gasteiger partial charge in [-0.1, -0.05) is 12.1 Å². The van der Waals surface area contributed by atoms with Crippen LogP contribution in [0, 0.1) is 0 Å². The maximum Gasteiger partial charge on any atom is 0.407 e. The van der Waals surface area contributed by atoms with Gasteiger partial charge >= 0.3 is 6.09 Å². The van der Waals surface area contributed by atoms with Crippen molar-refractivity contribution in [2.24, 2.45) is 4.99 Å². The molecule has 1 aliphatic rings. The first-order valence-electron chi connectivity index (χ1n) is 10.00. The molecule has 0 radical (unpaired) electrons. The molecule has 0 aliphatic carbocycles. The Balaban J connectivity index is 0.00000450. The Labute approximate surface area is 196 Å². The predicted molar refractivity (Wildman–Crippen MR) is 129 cm³/mol. The number of methoxy groups -OCH3 is 2. The summed E-state index contributed by atoms with van der Waals surface area (Å²) in [5.41, 5.74) is 0.444. The molecular weight excluding hydrogens is 499 g/mol. The minimum absolute atomic E-state index is 0. The first-order valence-corrected chi connectivity index (χ1v) is 10.00. The number of amides is 1. The van der Waals surface area contributed by atoms with Crippen molar-refractivity contribution < 1.29 is 19.0 Å². The number of hydrogen-bond acceptors (Lipinski definition) is 5. The van der Waals surface area contributed by atoms with Crippen LogP contribution < -0.4 is 20.1 Å². The summed E-state index contributed by atoms with van der Waals surface area (Å²) in [4.78, 5) is 19.0. The van der Waals surface area contributed by atoms with Crippen LogP contribution in [0.3, 0.4) is 0 Å². The molecule has 1 amide bonds. The third-order valence-corrected chi connectivity index (χ3v) is 4.43. The number of carbonyl (C=O) groups excluding carboxylic acids is 1. The van der Waals surface area contributed by atoms with Gasteiger partial charge in [0.1, 0.15) is 5.60 Å². The second-order valence-electron chi connectivity index (χ2n) is 7.90. The predicted octanol–water partition coefficient (Wildman–Crippen LogP) is 3.39. The van der Waals surface area contributed by atoms with E-state index in [9.17, 15) is 4.79 Å². The number of guanidine groups is 1. The highest BCUT2D eigenvalue weighted by molar-refractivity contribution is 14.0. The first kappa shape index (κ1) is 26.1. The van der Waals surface area contributed by atoms with Crippen LogP contribution in [-0.4, -0.2) is 62.4 Å². The summed E-state index contributed by atoms with van der Waals surface area (Å²) in [6.07, 6.45) is 0.457. The molecule has 2 N–H and O–H groups in total. The van der Waals surface area contributed by atoms with Gasteiger partial charge in [0, 0.05) is 25.2 Å². The molecule has 2 rings (SSSR count). The van der Waals surface area contributed by atoms with Gasteiger partial charge < -0.3 is 29.7 Å². The maximum absolute atomic E-state index is 12.0. The molecule has 30 heavy (non-hydrogen) atoms. The molecule has 0 bridgehead atoms. The highest BCUT2D eigenvalue weighted by atomic mass is 127. The lowest BCUT2D eigenvalue weighted by atomic mass is 10.2. The number of likely N-dealkylation sites (tertiary alicyclic amines) is 1. The zero-order valence-electron chi connectivity index (χ0n) is 18.8. The number of aliphatic imine (C=N–C) groups is 1. The Morgan fingerprint density at radius 2 is 2.00 bits per heavy atom. The molecule has 1 heterocycles. The number of hydrogen-bond donors (Lipinski definition) is 2. The van der Waals surface area contributed by atoms with Crippen LogP contribution in [0.5, 0.6) is 11.5 Å². The highest BCUT2D eigenvalue weighted by Gasteiger charge is 2.28. The van der Waals surface area contributed by atoms with E-state index in [0.717, 1.165) is 31.0 Å². The molecule has 1 saturated heterocycles. The lowest BCUT2D eigenvalue weighted by Crippen LogP contribution is -2.44. The summed E-state index contributed by atoms with van der Waals surface area (Å²) in [5.74, 6) is 2.19. The molecule has 9 heteroatoms. The van der Waals surface area contributed by atoms with E-state index in [1.165, 1.54) is 0 Å². The van der Waals surface area contributed by atoms with Gasteiger partial charge in [-0.25, -0.2) is 9.79 Å². The highest BCUT2D eigenvalue weighted by Crippen LogP contribution is 2.31. The lowest BCUT2D eigenvalue weighted by Gasteiger charge is -2.23. The van der Waals surface area contributed by atoms with Crippen molar-refractivity contribution in [3.8, 4) is 11.5 Å². The number of carbonyl (C=O) groups is 1. The lowest BCUT2D eigenvalue weighted by molar-refractivity contribution is 0.0507. The third kappa shape index (κ3) is 7.73. The molecule has 0 aromatic heterocycles. The molecule has 1 atom stereocenters. The Morgan fingerprint density at radius 1 is 1.27 bits per heavy atom. The molecular formula is C21H35IN4O4. The van der Waals surface area contributed by atoms with Gasteiger partial charge in [0.15, 0.2) is 17.5 Å². The van der Waals surface area contributed by atoms with Gasteiger partial charge in [-0.05, 0) is 40.2 Å². The first-order chi connectivity index (χ1) is 13.8. The largest absolute Gasteiger partial charge is 0.493 e. The van der Waals surface area contributed by atoms with E-state index in [2.05, 4.69) is 15.5 Å². The number of nitrogens with one attached hydrogen (secondary N) is 2. The number of benzene rings is 1. The fourth-order valence-corrected chi connectivity index (χ4v) is 3.21. The van der Waals surface area contributed by atoms with Crippen LogP contribution in [0.15, 0.2) is 23.2 Å². The number of halogens is 1. The average Bonchev–Trinajstić information content (AvgIpc) is 3.11. The second kappa shape index (κ2) is 12.1. The number of nitrogens with zero attached hydrogens (tertiary/aromatic N) is 2. The molecule has 1 aromatic rings. The number of para-hydroxylation sites is 1. The molecule has 1 fully saturated rings. The SMILES string of the molecule is CCNC(=NCc1cccc(OC)c1OC)N1CCC(NC(=O)OC(C)(C)C)C1.I. The summed E-state index contributed by atoms with van der Waals surface area (Å²) < 4.78 is 16.2. The molecule has 1 aromatic carbocycles. The zero-order chi connectivity index (χ0) is 21.4. The average molecular weight is 534 g/mol. The second-order valence-corrected chi connectivity index (χ2v) is 7.90. The molecule has 1 aliphatic heterocycles. The summed E-state index contributed by atoms with van der Waals surface area (Å²) in [7, 11) is 3.25. The van der Waals surface area contributed by atoms with Crippen molar-refractivity contribution in [3.63, 3.8) is 0 Å². The van der Waals surface area contributed by atoms with E-state index in [1.807, 2.05) is 45.9 Å². The van der Waals surface area contributed by atoms with Gasteiger partial charge in [-0.2, -0.15) is 0 Å². The van der Waals surface area contributed by atoms with Gasteiger partial charge in [0.05, 0.1) is 26.8 Å². The minimum atomic E-state index is -0.505. The Kier molecular flexibility index (Phi) is 10.5. The van der Waals surface area contributed by atoms with Crippen LogP contribution in [0.4, 0.5) is 4.79 Å². The zero-order valence-corrected chi connectivity index (χ0v) is 21.1. The number of ether oxygens (including phenoxy) is 3. The topological polar surface area (TPSA) is 84.4 Å². The van der Waals surface area contributed by atoms with E-state index in [4.69, 9.17) is 19.2 Å². The van der Waals surface area contributed by atoms with E-state index in [-0.39, 0.29) is 36.1 Å². The summed E-state index contributed by atoms with van der Waals surface area (Å²) >= 11 is 0. The standard InChI is InChI=1S/C21H34N4O4.HI/c1-7-22-19(23-13-15-9-8-10-17(27-5)18(15)28-6)25-12-11-16(14-25)24-20(26)29-21(2,3)4;/h8-10,16H,7,11-14H2,1-6H3,(H,22,23)(H,24,26);1H. The van der Waals surface area contributed by atoms with Crippen LogP contribution in [-0.2, 0) is 11.3 Å². The van der Waals surface area contributed by atoms with E-state index in [1.54, 1.807) is 14.2 Å².